The molecule has 1 atom stereocenters. The summed E-state index contributed by atoms with van der Waals surface area (Å²) < 4.78 is 5.71. The average Bonchev–Trinajstić information content (AvgIpc) is 2.51. The van der Waals surface area contributed by atoms with Crippen LogP contribution in [0.3, 0.4) is 0 Å². The van der Waals surface area contributed by atoms with Gasteiger partial charge >= 0.3 is 0 Å². The molecule has 2 rings (SSSR count). The van der Waals surface area contributed by atoms with E-state index in [4.69, 9.17) is 27.9 Å². The van der Waals surface area contributed by atoms with Crippen LogP contribution in [0.5, 0.6) is 5.75 Å². The van der Waals surface area contributed by atoms with Crippen molar-refractivity contribution in [1.29, 1.82) is 0 Å². The maximum absolute atomic E-state index is 6.08. The van der Waals surface area contributed by atoms with Crippen LogP contribution in [0, 0.1) is 5.92 Å². The standard InChI is InChI=1S/C18H20Cl2O/c19-14-16(12-15-6-4-8-17(20)13-15)7-5-11-21-18-9-2-1-3-10-18/h1-4,6,8-10,13,16H,5,7,11-12,14H2. The van der Waals surface area contributed by atoms with Crippen molar-refractivity contribution in [2.24, 2.45) is 5.92 Å². The lowest BCUT2D eigenvalue weighted by Crippen LogP contribution is -2.09. The smallest absolute Gasteiger partial charge is 0.119 e. The highest BCUT2D eigenvalue weighted by molar-refractivity contribution is 6.30. The Labute approximate surface area is 136 Å². The van der Waals surface area contributed by atoms with Crippen molar-refractivity contribution in [1.82, 2.24) is 0 Å². The minimum absolute atomic E-state index is 0.463. The number of hydrogen-bond donors (Lipinski definition) is 0. The molecule has 0 aliphatic rings. The summed E-state index contributed by atoms with van der Waals surface area (Å²) in [6.07, 6.45) is 3.03. The molecule has 3 heteroatoms. The quantitative estimate of drug-likeness (QED) is 0.454. The van der Waals surface area contributed by atoms with Crippen molar-refractivity contribution >= 4 is 23.2 Å². The number of ether oxygens (including phenoxy) is 1. The Morgan fingerprint density at radius 2 is 1.81 bits per heavy atom. The van der Waals surface area contributed by atoms with Gasteiger partial charge in [0.2, 0.25) is 0 Å². The molecule has 2 aromatic rings. The van der Waals surface area contributed by atoms with E-state index in [1.54, 1.807) is 0 Å². The summed E-state index contributed by atoms with van der Waals surface area (Å²) in [6, 6.07) is 17.9. The van der Waals surface area contributed by atoms with Crippen LogP contribution in [-0.4, -0.2) is 12.5 Å². The van der Waals surface area contributed by atoms with E-state index in [9.17, 15) is 0 Å². The Hall–Kier alpha value is -1.18. The first-order valence-electron chi connectivity index (χ1n) is 7.26. The highest BCUT2D eigenvalue weighted by atomic mass is 35.5. The third-order valence-corrected chi connectivity index (χ3v) is 4.07. The zero-order valence-electron chi connectivity index (χ0n) is 12.0. The molecule has 21 heavy (non-hydrogen) atoms. The van der Waals surface area contributed by atoms with Crippen LogP contribution in [0.4, 0.5) is 0 Å². The number of para-hydroxylation sites is 1. The molecule has 0 saturated heterocycles. The first kappa shape index (κ1) is 16.2. The fraction of sp³-hybridized carbons (Fsp3) is 0.333. The zero-order chi connectivity index (χ0) is 14.9. The minimum Gasteiger partial charge on any atom is -0.494 e. The van der Waals surface area contributed by atoms with Crippen LogP contribution in [0.25, 0.3) is 0 Å². The van der Waals surface area contributed by atoms with Crippen molar-refractivity contribution in [3.63, 3.8) is 0 Å². The van der Waals surface area contributed by atoms with Crippen LogP contribution in [-0.2, 0) is 6.42 Å². The lowest BCUT2D eigenvalue weighted by atomic mass is 9.97. The van der Waals surface area contributed by atoms with Gasteiger partial charge in [-0.3, -0.25) is 0 Å². The third-order valence-electron chi connectivity index (χ3n) is 3.40. The fourth-order valence-electron chi connectivity index (χ4n) is 2.31. The van der Waals surface area contributed by atoms with Gasteiger partial charge in [0.15, 0.2) is 0 Å². The van der Waals surface area contributed by atoms with E-state index < -0.39 is 0 Å². The van der Waals surface area contributed by atoms with Crippen molar-refractivity contribution in [2.45, 2.75) is 19.3 Å². The summed E-state index contributed by atoms with van der Waals surface area (Å²) in [6.45, 7) is 0.729. The molecule has 112 valence electrons. The van der Waals surface area contributed by atoms with Crippen LogP contribution < -0.4 is 4.74 Å². The molecule has 0 aliphatic carbocycles. The van der Waals surface area contributed by atoms with E-state index in [0.29, 0.717) is 11.8 Å². The lowest BCUT2D eigenvalue weighted by Gasteiger charge is -2.14. The molecule has 0 aliphatic heterocycles. The third kappa shape index (κ3) is 5.99. The second-order valence-corrected chi connectivity index (χ2v) is 5.90. The largest absolute Gasteiger partial charge is 0.494 e. The fourth-order valence-corrected chi connectivity index (χ4v) is 2.79. The first-order valence-corrected chi connectivity index (χ1v) is 8.17. The molecular formula is C18H20Cl2O. The van der Waals surface area contributed by atoms with Crippen molar-refractivity contribution in [3.8, 4) is 5.75 Å². The topological polar surface area (TPSA) is 9.23 Å². The predicted molar refractivity (Wildman–Crippen MR) is 90.5 cm³/mol. The average molecular weight is 323 g/mol. The maximum atomic E-state index is 6.08. The van der Waals surface area contributed by atoms with E-state index >= 15 is 0 Å². The first-order chi connectivity index (χ1) is 10.3. The SMILES string of the molecule is ClCC(CCCOc1ccccc1)Cc1cccc(Cl)c1. The van der Waals surface area contributed by atoms with Gasteiger partial charge in [0.05, 0.1) is 6.61 Å². The Bertz CT molecular complexity index is 528. The van der Waals surface area contributed by atoms with Gasteiger partial charge in [0.1, 0.15) is 5.75 Å². The molecule has 1 unspecified atom stereocenters. The van der Waals surface area contributed by atoms with Gasteiger partial charge in [-0.15, -0.1) is 11.6 Å². The number of alkyl halides is 1. The molecule has 0 spiro atoms. The summed E-state index contributed by atoms with van der Waals surface area (Å²) in [4.78, 5) is 0. The van der Waals surface area contributed by atoms with Gasteiger partial charge in [-0.25, -0.2) is 0 Å². The highest BCUT2D eigenvalue weighted by Gasteiger charge is 2.09. The molecule has 0 saturated carbocycles. The second-order valence-electron chi connectivity index (χ2n) is 5.16. The molecule has 0 aromatic heterocycles. The van der Waals surface area contributed by atoms with E-state index in [2.05, 4.69) is 6.07 Å². The number of rotatable bonds is 8. The normalized spacial score (nSPS) is 12.1. The molecule has 0 bridgehead atoms. The summed E-state index contributed by atoms with van der Waals surface area (Å²) in [5.74, 6) is 2.05. The van der Waals surface area contributed by atoms with Crippen LogP contribution in [0.15, 0.2) is 54.6 Å². The summed E-state index contributed by atoms with van der Waals surface area (Å²) in [7, 11) is 0. The van der Waals surface area contributed by atoms with Crippen LogP contribution in [0.1, 0.15) is 18.4 Å². The van der Waals surface area contributed by atoms with Gasteiger partial charge in [0.25, 0.3) is 0 Å². The monoisotopic (exact) mass is 322 g/mol. The summed E-state index contributed by atoms with van der Waals surface area (Å²) in [5, 5.41) is 0.785. The van der Waals surface area contributed by atoms with Gasteiger partial charge in [-0.2, -0.15) is 0 Å². The highest BCUT2D eigenvalue weighted by Crippen LogP contribution is 2.19. The molecule has 0 fully saturated rings. The molecule has 2 aromatic carbocycles. The van der Waals surface area contributed by atoms with E-state index in [1.807, 2.05) is 48.5 Å². The van der Waals surface area contributed by atoms with Gasteiger partial charge in [0, 0.05) is 10.9 Å². The maximum Gasteiger partial charge on any atom is 0.119 e. The van der Waals surface area contributed by atoms with Crippen LogP contribution >= 0.6 is 23.2 Å². The van der Waals surface area contributed by atoms with Crippen LogP contribution in [0.2, 0.25) is 5.02 Å². The van der Waals surface area contributed by atoms with Gasteiger partial charge < -0.3 is 4.74 Å². The second kappa shape index (κ2) is 8.96. The van der Waals surface area contributed by atoms with E-state index in [0.717, 1.165) is 36.6 Å². The molecule has 0 N–H and O–H groups in total. The number of hydrogen-bond acceptors (Lipinski definition) is 1. The van der Waals surface area contributed by atoms with Gasteiger partial charge in [-0.1, -0.05) is 41.9 Å². The minimum atomic E-state index is 0.463. The Morgan fingerprint density at radius 1 is 1.00 bits per heavy atom. The van der Waals surface area contributed by atoms with Crippen molar-refractivity contribution in [3.05, 3.63) is 65.2 Å². The predicted octanol–water partition coefficient (Wildman–Crippen LogP) is 5.60. The summed E-state index contributed by atoms with van der Waals surface area (Å²) in [5.41, 5.74) is 1.25. The molecular weight excluding hydrogens is 303 g/mol. The van der Waals surface area contributed by atoms with E-state index in [-0.39, 0.29) is 0 Å². The lowest BCUT2D eigenvalue weighted by molar-refractivity contribution is 0.295. The molecule has 1 nitrogen and oxygen atoms in total. The number of benzene rings is 2. The molecule has 0 amide bonds. The number of halogens is 2. The van der Waals surface area contributed by atoms with Crippen molar-refractivity contribution < 1.29 is 4.74 Å². The zero-order valence-corrected chi connectivity index (χ0v) is 13.5. The Morgan fingerprint density at radius 3 is 2.52 bits per heavy atom. The van der Waals surface area contributed by atoms with Gasteiger partial charge in [-0.05, 0) is 55.0 Å². The summed E-state index contributed by atoms with van der Waals surface area (Å²) >= 11 is 12.1. The van der Waals surface area contributed by atoms with Crippen molar-refractivity contribution in [2.75, 3.05) is 12.5 Å². The Balaban J connectivity index is 1.72. The molecule has 0 radical (unpaired) electrons. The molecule has 0 heterocycles. The van der Waals surface area contributed by atoms with E-state index in [1.165, 1.54) is 5.56 Å². The Kier molecular flexibility index (Phi) is 6.91.